The maximum Gasteiger partial charge on any atom is 0.402 e. The number of halogens is 3. The SMILES string of the molecule is CCNCc1ccc(C(F)(F)P(=O)(O)OC(C)CC)c(Br)c1. The second-order valence-corrected chi connectivity index (χ2v) is 7.65. The molecule has 1 aromatic rings. The van der Waals surface area contributed by atoms with E-state index in [1.54, 1.807) is 6.92 Å². The van der Waals surface area contributed by atoms with Gasteiger partial charge in [-0.05, 0) is 31.5 Å². The molecule has 0 aliphatic heterocycles. The molecule has 0 radical (unpaired) electrons. The van der Waals surface area contributed by atoms with E-state index < -0.39 is 24.9 Å². The largest absolute Gasteiger partial charge is 0.402 e. The van der Waals surface area contributed by atoms with Crippen LogP contribution in [0, 0.1) is 0 Å². The first kappa shape index (κ1) is 19.7. The molecular weight excluding hydrogens is 379 g/mol. The highest BCUT2D eigenvalue weighted by Crippen LogP contribution is 2.64. The van der Waals surface area contributed by atoms with E-state index >= 15 is 0 Å². The normalized spacial score (nSPS) is 16.3. The van der Waals surface area contributed by atoms with Gasteiger partial charge in [0.1, 0.15) is 0 Å². The van der Waals surface area contributed by atoms with Gasteiger partial charge < -0.3 is 14.7 Å². The Balaban J connectivity index is 3.09. The lowest BCUT2D eigenvalue weighted by Gasteiger charge is -2.25. The Morgan fingerprint density at radius 1 is 1.45 bits per heavy atom. The predicted octanol–water partition coefficient (Wildman–Crippen LogP) is 4.61. The Labute approximate surface area is 137 Å². The van der Waals surface area contributed by atoms with E-state index in [1.165, 1.54) is 19.1 Å². The third-order valence-corrected chi connectivity index (χ3v) is 5.44. The molecule has 126 valence electrons. The van der Waals surface area contributed by atoms with Crippen LogP contribution in [0.15, 0.2) is 22.7 Å². The van der Waals surface area contributed by atoms with Crippen LogP contribution in [-0.2, 0) is 21.3 Å². The lowest BCUT2D eigenvalue weighted by atomic mass is 10.1. The quantitative estimate of drug-likeness (QED) is 0.626. The number of hydrogen-bond donors (Lipinski definition) is 2. The van der Waals surface area contributed by atoms with Crippen molar-refractivity contribution in [2.24, 2.45) is 0 Å². The topological polar surface area (TPSA) is 58.6 Å². The van der Waals surface area contributed by atoms with Crippen LogP contribution in [0.2, 0.25) is 0 Å². The molecule has 2 N–H and O–H groups in total. The summed E-state index contributed by atoms with van der Waals surface area (Å²) in [7, 11) is -5.13. The summed E-state index contributed by atoms with van der Waals surface area (Å²) in [6, 6.07) is 4.16. The highest BCUT2D eigenvalue weighted by Gasteiger charge is 2.54. The zero-order chi connectivity index (χ0) is 17.0. The van der Waals surface area contributed by atoms with Crippen molar-refractivity contribution in [2.75, 3.05) is 6.54 Å². The molecule has 0 aliphatic carbocycles. The molecule has 2 unspecified atom stereocenters. The van der Waals surface area contributed by atoms with Crippen LogP contribution in [0.1, 0.15) is 38.3 Å². The molecule has 0 fully saturated rings. The van der Waals surface area contributed by atoms with Gasteiger partial charge in [0.2, 0.25) is 0 Å². The highest BCUT2D eigenvalue weighted by atomic mass is 79.9. The second-order valence-electron chi connectivity index (χ2n) is 4.98. The third kappa shape index (κ3) is 4.59. The predicted molar refractivity (Wildman–Crippen MR) is 86.1 cm³/mol. The summed E-state index contributed by atoms with van der Waals surface area (Å²) < 4.78 is 45.5. The van der Waals surface area contributed by atoms with E-state index in [0.717, 1.165) is 18.2 Å². The minimum absolute atomic E-state index is 0.0786. The molecule has 2 atom stereocenters. The zero-order valence-corrected chi connectivity index (χ0v) is 15.3. The van der Waals surface area contributed by atoms with Crippen LogP contribution in [0.5, 0.6) is 0 Å². The minimum Gasteiger partial charge on any atom is -0.320 e. The van der Waals surface area contributed by atoms with E-state index in [1.807, 2.05) is 6.92 Å². The summed E-state index contributed by atoms with van der Waals surface area (Å²) in [4.78, 5) is 9.68. The van der Waals surface area contributed by atoms with Crippen molar-refractivity contribution in [2.45, 2.75) is 45.5 Å². The lowest BCUT2D eigenvalue weighted by Crippen LogP contribution is -2.20. The van der Waals surface area contributed by atoms with E-state index in [2.05, 4.69) is 25.8 Å². The summed E-state index contributed by atoms with van der Waals surface area (Å²) in [5.41, 5.74) is -3.74. The molecule has 0 aliphatic rings. The monoisotopic (exact) mass is 399 g/mol. The van der Waals surface area contributed by atoms with E-state index in [-0.39, 0.29) is 4.47 Å². The van der Waals surface area contributed by atoms with Crippen LogP contribution in [0.4, 0.5) is 8.78 Å². The molecule has 0 saturated carbocycles. The standard InChI is InChI=1S/C14H21BrF2NO3P/c1-4-10(3)21-22(19,20)14(16,17)12-7-6-11(8-13(12)15)9-18-5-2/h6-8,10,18H,4-5,9H2,1-3H3,(H,19,20). The Bertz CT molecular complexity index is 557. The van der Waals surface area contributed by atoms with Gasteiger partial charge in [-0.15, -0.1) is 0 Å². The van der Waals surface area contributed by atoms with Crippen LogP contribution >= 0.6 is 23.5 Å². The van der Waals surface area contributed by atoms with Gasteiger partial charge in [-0.3, -0.25) is 4.57 Å². The molecule has 1 aromatic carbocycles. The van der Waals surface area contributed by atoms with Gasteiger partial charge in [0.25, 0.3) is 0 Å². The first-order valence-electron chi connectivity index (χ1n) is 7.04. The first-order valence-corrected chi connectivity index (χ1v) is 9.41. The van der Waals surface area contributed by atoms with Gasteiger partial charge in [-0.25, -0.2) is 0 Å². The summed E-state index contributed by atoms with van der Waals surface area (Å²) in [5.74, 6) is 0. The van der Waals surface area contributed by atoms with E-state index in [4.69, 9.17) is 0 Å². The smallest absolute Gasteiger partial charge is 0.320 e. The number of alkyl halides is 2. The molecular formula is C14H21BrF2NO3P. The molecule has 1 rings (SSSR count). The van der Waals surface area contributed by atoms with Crippen molar-refractivity contribution in [3.63, 3.8) is 0 Å². The summed E-state index contributed by atoms with van der Waals surface area (Å²) >= 11 is 3.06. The molecule has 0 saturated heterocycles. The fourth-order valence-corrected chi connectivity index (χ4v) is 3.82. The molecule has 4 nitrogen and oxygen atoms in total. The number of nitrogens with one attached hydrogen (secondary N) is 1. The first-order chi connectivity index (χ1) is 10.2. The Morgan fingerprint density at radius 2 is 2.09 bits per heavy atom. The minimum atomic E-state index is -5.13. The van der Waals surface area contributed by atoms with Gasteiger partial charge in [0, 0.05) is 16.6 Å². The van der Waals surface area contributed by atoms with Gasteiger partial charge in [0.05, 0.1) is 6.10 Å². The van der Waals surface area contributed by atoms with Gasteiger partial charge in [0.15, 0.2) is 0 Å². The van der Waals surface area contributed by atoms with Crippen LogP contribution in [-0.4, -0.2) is 17.5 Å². The van der Waals surface area contributed by atoms with Crippen molar-refractivity contribution in [3.05, 3.63) is 33.8 Å². The molecule has 8 heteroatoms. The summed E-state index contributed by atoms with van der Waals surface area (Å²) in [5, 5.41) is 3.08. The van der Waals surface area contributed by atoms with Crippen LogP contribution in [0.25, 0.3) is 0 Å². The van der Waals surface area contributed by atoms with Crippen molar-refractivity contribution in [3.8, 4) is 0 Å². The molecule has 0 spiro atoms. The van der Waals surface area contributed by atoms with Crippen LogP contribution in [0.3, 0.4) is 0 Å². The number of benzene rings is 1. The molecule has 0 bridgehead atoms. The van der Waals surface area contributed by atoms with E-state index in [0.29, 0.717) is 13.0 Å². The molecule has 22 heavy (non-hydrogen) atoms. The van der Waals surface area contributed by atoms with Gasteiger partial charge >= 0.3 is 13.3 Å². The lowest BCUT2D eigenvalue weighted by molar-refractivity contribution is 0.0341. The van der Waals surface area contributed by atoms with Crippen molar-refractivity contribution < 1.29 is 22.8 Å². The Kier molecular flexibility index (Phi) is 7.15. The molecule has 0 amide bonds. The average molecular weight is 400 g/mol. The third-order valence-electron chi connectivity index (χ3n) is 3.19. The number of hydrogen-bond acceptors (Lipinski definition) is 3. The maximum atomic E-state index is 14.4. The highest BCUT2D eigenvalue weighted by molar-refractivity contribution is 9.10. The fourth-order valence-electron chi connectivity index (χ4n) is 1.72. The summed E-state index contributed by atoms with van der Waals surface area (Å²) in [6.07, 6.45) is -0.364. The zero-order valence-electron chi connectivity index (χ0n) is 12.8. The number of rotatable bonds is 8. The molecule has 0 aromatic heterocycles. The Hall–Kier alpha value is -0.330. The van der Waals surface area contributed by atoms with Crippen molar-refractivity contribution in [1.29, 1.82) is 0 Å². The van der Waals surface area contributed by atoms with Gasteiger partial charge in [-0.2, -0.15) is 8.78 Å². The Morgan fingerprint density at radius 3 is 2.59 bits per heavy atom. The second kappa shape index (κ2) is 7.97. The van der Waals surface area contributed by atoms with Crippen molar-refractivity contribution >= 4 is 23.5 Å². The summed E-state index contributed by atoms with van der Waals surface area (Å²) in [6.45, 7) is 6.39. The van der Waals surface area contributed by atoms with Crippen LogP contribution < -0.4 is 5.32 Å². The average Bonchev–Trinajstić information content (AvgIpc) is 2.44. The van der Waals surface area contributed by atoms with Gasteiger partial charge in [-0.1, -0.05) is 41.9 Å². The molecule has 0 heterocycles. The fraction of sp³-hybridized carbons (Fsp3) is 0.571. The van der Waals surface area contributed by atoms with Crippen molar-refractivity contribution in [1.82, 2.24) is 5.32 Å². The van der Waals surface area contributed by atoms with E-state index in [9.17, 15) is 18.2 Å². The maximum absolute atomic E-state index is 14.4.